The Kier molecular flexibility index (Phi) is 6.43. The fraction of sp³-hybridized carbons (Fsp3) is 0.773. The van der Waals surface area contributed by atoms with E-state index in [0.717, 1.165) is 25.9 Å². The van der Waals surface area contributed by atoms with Crippen molar-refractivity contribution in [2.45, 2.75) is 45.3 Å². The molecular weight excluding hydrogens is 338 g/mol. The van der Waals surface area contributed by atoms with Gasteiger partial charge < -0.3 is 14.4 Å². The maximum Gasteiger partial charge on any atom is 0.0718 e. The summed E-state index contributed by atoms with van der Waals surface area (Å²) in [6.07, 6.45) is 8.73. The van der Waals surface area contributed by atoms with E-state index in [-0.39, 0.29) is 0 Å². The molecule has 0 amide bonds. The number of hydrogen-bond donors (Lipinski definition) is 0. The van der Waals surface area contributed by atoms with E-state index in [9.17, 15) is 0 Å². The first-order valence-corrected chi connectivity index (χ1v) is 10.8. The average molecular weight is 374 g/mol. The minimum atomic E-state index is 0.401. The summed E-state index contributed by atoms with van der Waals surface area (Å²) in [5.74, 6) is 0.632. The van der Waals surface area contributed by atoms with Gasteiger partial charge in [0.2, 0.25) is 0 Å². The number of nitrogens with zero attached hydrogens (tertiary/aromatic N) is 3. The summed E-state index contributed by atoms with van der Waals surface area (Å²) in [6, 6.07) is 4.86. The molecule has 1 spiro atoms. The molecule has 0 aliphatic carbocycles. The van der Waals surface area contributed by atoms with Crippen molar-refractivity contribution in [3.05, 3.63) is 30.1 Å². The van der Waals surface area contributed by atoms with Crippen LogP contribution in [-0.2, 0) is 16.1 Å². The Hall–Kier alpha value is -1.01. The lowest BCUT2D eigenvalue weighted by Gasteiger charge is -2.39. The van der Waals surface area contributed by atoms with Crippen LogP contribution in [0.5, 0.6) is 0 Å². The van der Waals surface area contributed by atoms with E-state index in [4.69, 9.17) is 9.47 Å². The largest absolute Gasteiger partial charge is 0.381 e. The van der Waals surface area contributed by atoms with Crippen molar-refractivity contribution in [2.24, 2.45) is 11.3 Å². The van der Waals surface area contributed by atoms with Crippen molar-refractivity contribution in [3.63, 3.8) is 0 Å². The summed E-state index contributed by atoms with van der Waals surface area (Å²) in [7, 11) is 0. The molecule has 3 aliphatic heterocycles. The van der Waals surface area contributed by atoms with Crippen LogP contribution in [0.4, 0.5) is 0 Å². The zero-order valence-corrected chi connectivity index (χ0v) is 16.8. The van der Waals surface area contributed by atoms with Gasteiger partial charge in [0.1, 0.15) is 0 Å². The van der Waals surface area contributed by atoms with Gasteiger partial charge in [-0.05, 0) is 68.4 Å². The van der Waals surface area contributed by atoms with Gasteiger partial charge in [-0.1, -0.05) is 6.92 Å². The fourth-order valence-electron chi connectivity index (χ4n) is 5.33. The average Bonchev–Trinajstić information content (AvgIpc) is 3.07. The van der Waals surface area contributed by atoms with Gasteiger partial charge >= 0.3 is 0 Å². The summed E-state index contributed by atoms with van der Waals surface area (Å²) < 4.78 is 11.9. The maximum atomic E-state index is 6.20. The first-order valence-electron chi connectivity index (χ1n) is 10.8. The van der Waals surface area contributed by atoms with Gasteiger partial charge in [0, 0.05) is 50.7 Å². The molecule has 3 saturated heterocycles. The Morgan fingerprint density at radius 1 is 1.19 bits per heavy atom. The lowest BCUT2D eigenvalue weighted by molar-refractivity contribution is -0.0267. The lowest BCUT2D eigenvalue weighted by Crippen LogP contribution is -2.45. The topological polar surface area (TPSA) is 37.8 Å². The molecule has 0 saturated carbocycles. The van der Waals surface area contributed by atoms with Crippen LogP contribution in [0, 0.1) is 11.3 Å². The molecule has 5 nitrogen and oxygen atoms in total. The van der Waals surface area contributed by atoms with Crippen LogP contribution in [0.25, 0.3) is 0 Å². The van der Waals surface area contributed by atoms with E-state index < -0.39 is 0 Å². The number of aromatic nitrogens is 1. The second-order valence-corrected chi connectivity index (χ2v) is 8.64. The van der Waals surface area contributed by atoms with Crippen molar-refractivity contribution in [1.82, 2.24) is 14.8 Å². The normalized spacial score (nSPS) is 27.4. The van der Waals surface area contributed by atoms with Gasteiger partial charge in [-0.25, -0.2) is 0 Å². The highest BCUT2D eigenvalue weighted by Gasteiger charge is 2.48. The summed E-state index contributed by atoms with van der Waals surface area (Å²) in [5.41, 5.74) is 1.62. The van der Waals surface area contributed by atoms with E-state index in [1.807, 2.05) is 24.5 Å². The van der Waals surface area contributed by atoms with Crippen molar-refractivity contribution >= 4 is 0 Å². The molecule has 150 valence electrons. The molecule has 3 aliphatic rings. The monoisotopic (exact) mass is 373 g/mol. The Labute approximate surface area is 164 Å². The van der Waals surface area contributed by atoms with E-state index >= 15 is 0 Å². The molecule has 4 rings (SSSR count). The highest BCUT2D eigenvalue weighted by atomic mass is 16.5. The third kappa shape index (κ3) is 4.53. The molecule has 1 unspecified atom stereocenters. The first-order chi connectivity index (χ1) is 13.3. The van der Waals surface area contributed by atoms with E-state index in [1.165, 1.54) is 64.0 Å². The molecular formula is C22H35N3O2. The van der Waals surface area contributed by atoms with Gasteiger partial charge in [0.25, 0.3) is 0 Å². The number of likely N-dealkylation sites (tertiary alicyclic amines) is 2. The van der Waals surface area contributed by atoms with Gasteiger partial charge in [-0.3, -0.25) is 9.88 Å². The zero-order chi connectivity index (χ0) is 18.5. The van der Waals surface area contributed by atoms with Crippen molar-refractivity contribution < 1.29 is 9.47 Å². The highest BCUT2D eigenvalue weighted by molar-refractivity contribution is 5.08. The van der Waals surface area contributed by atoms with E-state index in [2.05, 4.69) is 21.7 Å². The van der Waals surface area contributed by atoms with Crippen LogP contribution in [-0.4, -0.2) is 73.4 Å². The third-order valence-corrected chi connectivity index (χ3v) is 7.19. The van der Waals surface area contributed by atoms with Gasteiger partial charge in [-0.2, -0.15) is 0 Å². The van der Waals surface area contributed by atoms with Crippen LogP contribution in [0.2, 0.25) is 0 Å². The van der Waals surface area contributed by atoms with Crippen LogP contribution >= 0.6 is 0 Å². The standard InChI is InChI=1S/C22H35N3O2/c1-2-24-11-5-21(6-12-24)25-15-20(22(18-25)7-13-26-14-8-22)17-27-16-19-3-9-23-10-4-19/h3-4,9-10,20-21H,2,5-8,11-18H2,1H3. The molecule has 4 heterocycles. The van der Waals surface area contributed by atoms with Crippen molar-refractivity contribution in [2.75, 3.05) is 52.5 Å². The van der Waals surface area contributed by atoms with Crippen molar-refractivity contribution in [1.29, 1.82) is 0 Å². The van der Waals surface area contributed by atoms with Gasteiger partial charge in [0.05, 0.1) is 13.2 Å². The molecule has 1 aromatic rings. The Balaban J connectivity index is 1.36. The highest BCUT2D eigenvalue weighted by Crippen LogP contribution is 2.45. The molecule has 3 fully saturated rings. The Bertz CT molecular complexity index is 568. The third-order valence-electron chi connectivity index (χ3n) is 7.19. The summed E-state index contributed by atoms with van der Waals surface area (Å²) in [4.78, 5) is 9.49. The first kappa shape index (κ1) is 19.3. The van der Waals surface area contributed by atoms with Crippen LogP contribution in [0.15, 0.2) is 24.5 Å². The predicted molar refractivity (Wildman–Crippen MR) is 107 cm³/mol. The van der Waals surface area contributed by atoms with Gasteiger partial charge in [-0.15, -0.1) is 0 Å². The molecule has 5 heteroatoms. The summed E-state index contributed by atoms with van der Waals surface area (Å²) in [6.45, 7) is 11.8. The van der Waals surface area contributed by atoms with Crippen LogP contribution in [0.3, 0.4) is 0 Å². The van der Waals surface area contributed by atoms with Crippen LogP contribution in [0.1, 0.15) is 38.2 Å². The SMILES string of the molecule is CCN1CCC(N2CC(COCc3ccncc3)C3(CCOCC3)C2)CC1. The van der Waals surface area contributed by atoms with Crippen molar-refractivity contribution in [3.8, 4) is 0 Å². The molecule has 0 bridgehead atoms. The van der Waals surface area contributed by atoms with Crippen LogP contribution < -0.4 is 0 Å². The fourth-order valence-corrected chi connectivity index (χ4v) is 5.33. The number of rotatable bonds is 6. The molecule has 1 atom stereocenters. The number of piperidine rings is 1. The molecule has 0 radical (unpaired) electrons. The second kappa shape index (κ2) is 8.99. The smallest absolute Gasteiger partial charge is 0.0718 e. The minimum Gasteiger partial charge on any atom is -0.381 e. The Morgan fingerprint density at radius 3 is 2.63 bits per heavy atom. The molecule has 27 heavy (non-hydrogen) atoms. The Morgan fingerprint density at radius 2 is 1.93 bits per heavy atom. The summed E-state index contributed by atoms with van der Waals surface area (Å²) in [5, 5.41) is 0. The number of ether oxygens (including phenoxy) is 2. The molecule has 0 aromatic carbocycles. The minimum absolute atomic E-state index is 0.401. The zero-order valence-electron chi connectivity index (χ0n) is 16.8. The lowest BCUT2D eigenvalue weighted by atomic mass is 9.72. The molecule has 0 N–H and O–H groups in total. The van der Waals surface area contributed by atoms with E-state index in [1.54, 1.807) is 0 Å². The number of pyridine rings is 1. The predicted octanol–water partition coefficient (Wildman–Crippen LogP) is 2.81. The van der Waals surface area contributed by atoms with Gasteiger partial charge in [0.15, 0.2) is 0 Å². The molecule has 1 aromatic heterocycles. The summed E-state index contributed by atoms with van der Waals surface area (Å²) >= 11 is 0. The second-order valence-electron chi connectivity index (χ2n) is 8.64. The maximum absolute atomic E-state index is 6.20. The van der Waals surface area contributed by atoms with E-state index in [0.29, 0.717) is 17.9 Å². The number of hydrogen-bond acceptors (Lipinski definition) is 5. The quantitative estimate of drug-likeness (QED) is 0.767.